The van der Waals surface area contributed by atoms with Crippen LogP contribution in [0.3, 0.4) is 0 Å². The van der Waals surface area contributed by atoms with Gasteiger partial charge in [0.15, 0.2) is 0 Å². The zero-order valence-electron chi connectivity index (χ0n) is 21.2. The third-order valence-corrected chi connectivity index (χ3v) is 8.07. The van der Waals surface area contributed by atoms with E-state index in [0.29, 0.717) is 23.9 Å². The number of carbonyl (C=O) groups is 2. The van der Waals surface area contributed by atoms with E-state index in [1.807, 2.05) is 0 Å². The summed E-state index contributed by atoms with van der Waals surface area (Å²) in [5, 5.41) is 0. The molecule has 2 saturated heterocycles. The van der Waals surface area contributed by atoms with Crippen LogP contribution in [-0.4, -0.2) is 97.9 Å². The van der Waals surface area contributed by atoms with Crippen LogP contribution in [0.1, 0.15) is 77.0 Å². The molecule has 0 bridgehead atoms. The maximum absolute atomic E-state index is 13.4. The molecule has 3 aliphatic rings. The van der Waals surface area contributed by atoms with Crippen LogP contribution in [0, 0.1) is 11.8 Å². The van der Waals surface area contributed by atoms with E-state index in [2.05, 4.69) is 47.8 Å². The van der Waals surface area contributed by atoms with Gasteiger partial charge in [0, 0.05) is 37.0 Å². The molecule has 6 heteroatoms. The Morgan fingerprint density at radius 2 is 1.00 bits per heavy atom. The Balaban J connectivity index is 1.52. The highest BCUT2D eigenvalue weighted by Crippen LogP contribution is 2.34. The van der Waals surface area contributed by atoms with Gasteiger partial charge < -0.3 is 19.6 Å². The second kappa shape index (κ2) is 12.4. The van der Waals surface area contributed by atoms with Crippen LogP contribution in [0.15, 0.2) is 0 Å². The Kier molecular flexibility index (Phi) is 9.84. The van der Waals surface area contributed by atoms with Crippen molar-refractivity contribution in [1.29, 1.82) is 0 Å². The second-order valence-corrected chi connectivity index (χ2v) is 11.1. The Morgan fingerprint density at radius 1 is 0.625 bits per heavy atom. The van der Waals surface area contributed by atoms with Gasteiger partial charge in [-0.3, -0.25) is 9.59 Å². The van der Waals surface area contributed by atoms with Crippen LogP contribution in [0.2, 0.25) is 0 Å². The van der Waals surface area contributed by atoms with Gasteiger partial charge in [-0.05, 0) is 118 Å². The van der Waals surface area contributed by atoms with Crippen molar-refractivity contribution < 1.29 is 9.59 Å². The van der Waals surface area contributed by atoms with Gasteiger partial charge in [0.1, 0.15) is 0 Å². The van der Waals surface area contributed by atoms with E-state index in [1.54, 1.807) is 0 Å². The minimum absolute atomic E-state index is 0.130. The third kappa shape index (κ3) is 6.93. The molecule has 0 N–H and O–H groups in total. The molecule has 2 atom stereocenters. The topological polar surface area (TPSA) is 47.1 Å². The molecule has 0 spiro atoms. The summed E-state index contributed by atoms with van der Waals surface area (Å²) >= 11 is 0. The Hall–Kier alpha value is -1.14. The fourth-order valence-corrected chi connectivity index (χ4v) is 6.05. The predicted molar refractivity (Wildman–Crippen MR) is 130 cm³/mol. The number of nitrogens with zero attached hydrogens (tertiary/aromatic N) is 4. The minimum Gasteiger partial charge on any atom is -0.339 e. The molecule has 0 aromatic rings. The van der Waals surface area contributed by atoms with Crippen LogP contribution < -0.4 is 0 Å². The number of hydrogen-bond donors (Lipinski definition) is 0. The first kappa shape index (κ1) is 25.5. The molecule has 0 aromatic carbocycles. The monoisotopic (exact) mass is 448 g/mol. The largest absolute Gasteiger partial charge is 0.339 e. The lowest BCUT2D eigenvalue weighted by Gasteiger charge is -2.41. The SMILES string of the molecule is CN(C)CCC1CCCCN1C(=O)C1CCC(C(=O)N2CCCCC2CCN(C)C)CC1. The number of piperidine rings is 2. The summed E-state index contributed by atoms with van der Waals surface area (Å²) in [6.07, 6.45) is 12.8. The summed E-state index contributed by atoms with van der Waals surface area (Å²) in [6, 6.07) is 0.813. The maximum atomic E-state index is 13.4. The average Bonchev–Trinajstić information content (AvgIpc) is 2.81. The summed E-state index contributed by atoms with van der Waals surface area (Å²) in [5.41, 5.74) is 0. The molecule has 1 aliphatic carbocycles. The summed E-state index contributed by atoms with van der Waals surface area (Å²) in [5.74, 6) is 1.01. The van der Waals surface area contributed by atoms with Gasteiger partial charge in [-0.2, -0.15) is 0 Å². The van der Waals surface area contributed by atoms with Crippen molar-refractivity contribution in [2.24, 2.45) is 11.8 Å². The molecule has 6 nitrogen and oxygen atoms in total. The average molecular weight is 449 g/mol. The van der Waals surface area contributed by atoms with Gasteiger partial charge in [0.2, 0.25) is 11.8 Å². The van der Waals surface area contributed by atoms with E-state index in [-0.39, 0.29) is 11.8 Å². The Bertz CT molecular complexity index is 549. The Morgan fingerprint density at radius 3 is 1.34 bits per heavy atom. The molecule has 184 valence electrons. The van der Waals surface area contributed by atoms with Gasteiger partial charge in [-0.1, -0.05) is 0 Å². The van der Waals surface area contributed by atoms with Crippen LogP contribution in [-0.2, 0) is 9.59 Å². The number of carbonyl (C=O) groups excluding carboxylic acids is 2. The highest BCUT2D eigenvalue weighted by atomic mass is 16.2. The number of hydrogen-bond acceptors (Lipinski definition) is 4. The van der Waals surface area contributed by atoms with E-state index < -0.39 is 0 Å². The molecule has 0 radical (unpaired) electrons. The predicted octanol–water partition coefficient (Wildman–Crippen LogP) is 3.46. The van der Waals surface area contributed by atoms with Gasteiger partial charge in [0.05, 0.1) is 0 Å². The first-order valence-corrected chi connectivity index (χ1v) is 13.3. The molecule has 2 amide bonds. The van der Waals surface area contributed by atoms with Crippen molar-refractivity contribution >= 4 is 11.8 Å². The fraction of sp³-hybridized carbons (Fsp3) is 0.923. The van der Waals surface area contributed by atoms with Gasteiger partial charge >= 0.3 is 0 Å². The first-order valence-electron chi connectivity index (χ1n) is 13.3. The maximum Gasteiger partial charge on any atom is 0.225 e. The van der Waals surface area contributed by atoms with Crippen molar-refractivity contribution in [3.05, 3.63) is 0 Å². The summed E-state index contributed by atoms with van der Waals surface area (Å²) in [4.78, 5) is 35.7. The lowest BCUT2D eigenvalue weighted by molar-refractivity contribution is -0.145. The van der Waals surface area contributed by atoms with Gasteiger partial charge in [0.25, 0.3) is 0 Å². The third-order valence-electron chi connectivity index (χ3n) is 8.07. The molecule has 3 fully saturated rings. The number of rotatable bonds is 8. The zero-order valence-corrected chi connectivity index (χ0v) is 21.2. The lowest BCUT2D eigenvalue weighted by atomic mass is 9.79. The molecule has 2 unspecified atom stereocenters. The standard InChI is InChI=1S/C26H48N4O2/c1-27(2)19-15-23-9-5-7-17-29(23)25(31)21-11-13-22(14-12-21)26(32)30-18-8-6-10-24(30)16-20-28(3)4/h21-24H,5-20H2,1-4H3. The van der Waals surface area contributed by atoms with E-state index in [4.69, 9.17) is 0 Å². The molecule has 2 heterocycles. The minimum atomic E-state index is 0.130. The molecule has 2 aliphatic heterocycles. The fourth-order valence-electron chi connectivity index (χ4n) is 6.05. The molecule has 1 saturated carbocycles. The van der Waals surface area contributed by atoms with Crippen molar-refractivity contribution in [2.75, 3.05) is 54.4 Å². The number of amides is 2. The van der Waals surface area contributed by atoms with E-state index >= 15 is 0 Å². The van der Waals surface area contributed by atoms with Gasteiger partial charge in [-0.25, -0.2) is 0 Å². The summed E-state index contributed by atoms with van der Waals surface area (Å²) in [7, 11) is 8.45. The van der Waals surface area contributed by atoms with E-state index in [9.17, 15) is 9.59 Å². The van der Waals surface area contributed by atoms with Gasteiger partial charge in [-0.15, -0.1) is 0 Å². The summed E-state index contributed by atoms with van der Waals surface area (Å²) in [6.45, 7) is 3.94. The first-order chi connectivity index (χ1) is 15.4. The van der Waals surface area contributed by atoms with Crippen molar-refractivity contribution in [3.8, 4) is 0 Å². The van der Waals surface area contributed by atoms with Crippen molar-refractivity contribution in [3.63, 3.8) is 0 Å². The summed E-state index contributed by atoms with van der Waals surface area (Å²) < 4.78 is 0. The van der Waals surface area contributed by atoms with Crippen LogP contribution in [0.5, 0.6) is 0 Å². The molecular weight excluding hydrogens is 400 g/mol. The second-order valence-electron chi connectivity index (χ2n) is 11.1. The smallest absolute Gasteiger partial charge is 0.225 e. The highest BCUT2D eigenvalue weighted by molar-refractivity contribution is 5.81. The van der Waals surface area contributed by atoms with Crippen LogP contribution in [0.4, 0.5) is 0 Å². The normalized spacial score (nSPS) is 29.6. The zero-order chi connectivity index (χ0) is 23.1. The van der Waals surface area contributed by atoms with Crippen molar-refractivity contribution in [2.45, 2.75) is 89.1 Å². The van der Waals surface area contributed by atoms with E-state index in [1.165, 1.54) is 12.8 Å². The molecule has 32 heavy (non-hydrogen) atoms. The van der Waals surface area contributed by atoms with Crippen LogP contribution >= 0.6 is 0 Å². The molecular formula is C26H48N4O2. The molecule has 0 aromatic heterocycles. The van der Waals surface area contributed by atoms with E-state index in [0.717, 1.165) is 90.4 Å². The lowest BCUT2D eigenvalue weighted by Crippen LogP contribution is -2.50. The quantitative estimate of drug-likeness (QED) is 0.571. The molecule has 3 rings (SSSR count). The van der Waals surface area contributed by atoms with Crippen molar-refractivity contribution in [1.82, 2.24) is 19.6 Å². The number of likely N-dealkylation sites (tertiary alicyclic amines) is 2. The Labute approximate surface area is 196 Å². The highest BCUT2D eigenvalue weighted by Gasteiger charge is 2.38. The van der Waals surface area contributed by atoms with Crippen LogP contribution in [0.25, 0.3) is 0 Å².